The van der Waals surface area contributed by atoms with E-state index < -0.39 is 5.97 Å². The van der Waals surface area contributed by atoms with Crippen LogP contribution in [0.2, 0.25) is 0 Å². The highest BCUT2D eigenvalue weighted by atomic mass is 127. The van der Waals surface area contributed by atoms with Gasteiger partial charge in [0.1, 0.15) is 6.54 Å². The van der Waals surface area contributed by atoms with Gasteiger partial charge in [0.25, 0.3) is 5.91 Å². The number of aliphatic carboxylic acids is 1. The highest BCUT2D eigenvalue weighted by Crippen LogP contribution is 2.18. The molecular weight excluding hydrogens is 424 g/mol. The smallest absolute Gasteiger partial charge is 0.322 e. The first-order chi connectivity index (χ1) is 7.02. The van der Waals surface area contributed by atoms with Crippen molar-refractivity contribution in [2.75, 3.05) is 6.54 Å². The molecule has 0 spiro atoms. The Hall–Kier alpha value is -0.380. The number of halogens is 2. The number of carboxylic acids is 1. The number of carbonyl (C=O) groups excluding carboxylic acids is 1. The normalized spacial score (nSPS) is 9.73. The van der Waals surface area contributed by atoms with Gasteiger partial charge in [-0.2, -0.15) is 0 Å². The maximum Gasteiger partial charge on any atom is 0.322 e. The predicted molar refractivity (Wildman–Crippen MR) is 71.8 cm³/mol. The maximum absolute atomic E-state index is 11.5. The van der Waals surface area contributed by atoms with Crippen LogP contribution < -0.4 is 5.32 Å². The summed E-state index contributed by atoms with van der Waals surface area (Å²) in [6.07, 6.45) is 0. The van der Waals surface area contributed by atoms with Crippen LogP contribution in [0.5, 0.6) is 0 Å². The SMILES string of the molecule is O=C(O)CNC(=O)c1cccc(I)c1I. The lowest BCUT2D eigenvalue weighted by molar-refractivity contribution is -0.135. The van der Waals surface area contributed by atoms with Crippen LogP contribution in [0.1, 0.15) is 10.4 Å². The molecule has 0 saturated heterocycles. The van der Waals surface area contributed by atoms with E-state index in [1.54, 1.807) is 12.1 Å². The summed E-state index contributed by atoms with van der Waals surface area (Å²) in [4.78, 5) is 21.8. The Morgan fingerprint density at radius 3 is 2.60 bits per heavy atom. The zero-order valence-electron chi connectivity index (χ0n) is 7.46. The monoisotopic (exact) mass is 431 g/mol. The molecule has 1 rings (SSSR count). The van der Waals surface area contributed by atoms with Gasteiger partial charge in [0, 0.05) is 7.14 Å². The molecule has 0 atom stereocenters. The molecule has 1 amide bonds. The van der Waals surface area contributed by atoms with Gasteiger partial charge < -0.3 is 10.4 Å². The summed E-state index contributed by atoms with van der Waals surface area (Å²) in [5.74, 6) is -1.41. The van der Waals surface area contributed by atoms with E-state index in [-0.39, 0.29) is 12.5 Å². The summed E-state index contributed by atoms with van der Waals surface area (Å²) >= 11 is 4.18. The van der Waals surface area contributed by atoms with Crippen molar-refractivity contribution in [1.29, 1.82) is 0 Å². The minimum Gasteiger partial charge on any atom is -0.480 e. The Balaban J connectivity index is 2.82. The Kier molecular flexibility index (Phi) is 4.77. The zero-order chi connectivity index (χ0) is 11.4. The van der Waals surface area contributed by atoms with E-state index in [4.69, 9.17) is 5.11 Å². The van der Waals surface area contributed by atoms with E-state index in [0.29, 0.717) is 5.56 Å². The fourth-order valence-electron chi connectivity index (χ4n) is 0.930. The standard InChI is InChI=1S/C9H7I2NO3/c10-6-3-1-2-5(8(6)11)9(15)12-4-7(13)14/h1-3H,4H2,(H,12,15)(H,13,14). The van der Waals surface area contributed by atoms with E-state index in [0.717, 1.165) is 7.14 Å². The number of benzene rings is 1. The lowest BCUT2D eigenvalue weighted by Crippen LogP contribution is -2.29. The molecule has 6 heteroatoms. The van der Waals surface area contributed by atoms with Crippen molar-refractivity contribution in [3.05, 3.63) is 30.9 Å². The van der Waals surface area contributed by atoms with Crippen LogP contribution in [0, 0.1) is 7.14 Å². The molecule has 0 saturated carbocycles. The van der Waals surface area contributed by atoms with Crippen LogP contribution in [-0.2, 0) is 4.79 Å². The van der Waals surface area contributed by atoms with Crippen molar-refractivity contribution < 1.29 is 14.7 Å². The Bertz CT molecular complexity index is 406. The van der Waals surface area contributed by atoms with Crippen molar-refractivity contribution in [3.8, 4) is 0 Å². The summed E-state index contributed by atoms with van der Waals surface area (Å²) < 4.78 is 1.80. The Morgan fingerprint density at radius 2 is 2.00 bits per heavy atom. The molecule has 15 heavy (non-hydrogen) atoms. The second-order valence-corrected chi connectivity index (χ2v) is 4.92. The van der Waals surface area contributed by atoms with Crippen molar-refractivity contribution >= 4 is 57.1 Å². The molecule has 4 nitrogen and oxygen atoms in total. The van der Waals surface area contributed by atoms with Crippen LogP contribution in [0.15, 0.2) is 18.2 Å². The molecule has 0 heterocycles. The van der Waals surface area contributed by atoms with Crippen LogP contribution in [-0.4, -0.2) is 23.5 Å². The lowest BCUT2D eigenvalue weighted by atomic mass is 10.2. The van der Waals surface area contributed by atoms with Gasteiger partial charge in [0.2, 0.25) is 0 Å². The van der Waals surface area contributed by atoms with Crippen LogP contribution in [0.3, 0.4) is 0 Å². The molecule has 0 aliphatic rings. The molecule has 0 aromatic heterocycles. The first-order valence-corrected chi connectivity index (χ1v) is 6.12. The fraction of sp³-hybridized carbons (Fsp3) is 0.111. The summed E-state index contributed by atoms with van der Waals surface area (Å²) in [6.45, 7) is -0.361. The summed E-state index contributed by atoms with van der Waals surface area (Å²) in [7, 11) is 0. The lowest BCUT2D eigenvalue weighted by Gasteiger charge is -2.05. The predicted octanol–water partition coefficient (Wildman–Crippen LogP) is 1.71. The van der Waals surface area contributed by atoms with E-state index >= 15 is 0 Å². The molecular formula is C9H7I2NO3. The number of carbonyl (C=O) groups is 2. The topological polar surface area (TPSA) is 66.4 Å². The van der Waals surface area contributed by atoms with Crippen molar-refractivity contribution in [3.63, 3.8) is 0 Å². The molecule has 2 N–H and O–H groups in total. The highest BCUT2D eigenvalue weighted by molar-refractivity contribution is 14.1. The van der Waals surface area contributed by atoms with Crippen LogP contribution in [0.4, 0.5) is 0 Å². The van der Waals surface area contributed by atoms with Gasteiger partial charge >= 0.3 is 5.97 Å². The third kappa shape index (κ3) is 3.59. The molecule has 0 aliphatic carbocycles. The van der Waals surface area contributed by atoms with E-state index in [1.807, 2.05) is 6.07 Å². The molecule has 80 valence electrons. The van der Waals surface area contributed by atoms with Gasteiger partial charge in [-0.25, -0.2) is 0 Å². The minimum atomic E-state index is -1.05. The number of hydrogen-bond acceptors (Lipinski definition) is 2. The number of amides is 1. The van der Waals surface area contributed by atoms with E-state index in [9.17, 15) is 9.59 Å². The second kappa shape index (κ2) is 5.64. The number of carboxylic acid groups (broad SMARTS) is 1. The molecule has 0 bridgehead atoms. The summed E-state index contributed by atoms with van der Waals surface area (Å²) in [5.41, 5.74) is 0.503. The zero-order valence-corrected chi connectivity index (χ0v) is 11.8. The fourth-order valence-corrected chi connectivity index (χ4v) is 2.03. The van der Waals surface area contributed by atoms with Gasteiger partial charge in [-0.15, -0.1) is 0 Å². The largest absolute Gasteiger partial charge is 0.480 e. The average molecular weight is 431 g/mol. The van der Waals surface area contributed by atoms with E-state index in [1.165, 1.54) is 0 Å². The van der Waals surface area contributed by atoms with Gasteiger partial charge in [-0.1, -0.05) is 6.07 Å². The third-order valence-electron chi connectivity index (χ3n) is 1.60. The van der Waals surface area contributed by atoms with Gasteiger partial charge in [-0.05, 0) is 57.3 Å². The van der Waals surface area contributed by atoms with Gasteiger partial charge in [0.15, 0.2) is 0 Å². The Labute approximate surface area is 114 Å². The molecule has 1 aromatic carbocycles. The number of hydrogen-bond donors (Lipinski definition) is 2. The molecule has 0 aliphatic heterocycles. The van der Waals surface area contributed by atoms with Crippen LogP contribution >= 0.6 is 45.2 Å². The summed E-state index contributed by atoms with van der Waals surface area (Å²) in [6, 6.07) is 5.32. The van der Waals surface area contributed by atoms with Gasteiger partial charge in [-0.3, -0.25) is 9.59 Å². The molecule has 0 fully saturated rings. The number of rotatable bonds is 3. The molecule has 0 unspecified atom stereocenters. The highest BCUT2D eigenvalue weighted by Gasteiger charge is 2.12. The minimum absolute atomic E-state index is 0.361. The Morgan fingerprint density at radius 1 is 1.33 bits per heavy atom. The summed E-state index contributed by atoms with van der Waals surface area (Å²) in [5, 5.41) is 10.7. The second-order valence-electron chi connectivity index (χ2n) is 2.68. The van der Waals surface area contributed by atoms with Crippen molar-refractivity contribution in [2.24, 2.45) is 0 Å². The maximum atomic E-state index is 11.5. The van der Waals surface area contributed by atoms with Gasteiger partial charge in [0.05, 0.1) is 5.56 Å². The molecule has 1 aromatic rings. The van der Waals surface area contributed by atoms with Crippen molar-refractivity contribution in [1.82, 2.24) is 5.32 Å². The van der Waals surface area contributed by atoms with Crippen molar-refractivity contribution in [2.45, 2.75) is 0 Å². The average Bonchev–Trinajstić information content (AvgIpc) is 2.18. The third-order valence-corrected chi connectivity index (χ3v) is 4.69. The van der Waals surface area contributed by atoms with Crippen LogP contribution in [0.25, 0.3) is 0 Å². The molecule has 0 radical (unpaired) electrons. The van der Waals surface area contributed by atoms with E-state index in [2.05, 4.69) is 50.5 Å². The number of nitrogens with one attached hydrogen (secondary N) is 1. The first-order valence-electron chi connectivity index (χ1n) is 3.96. The first kappa shape index (κ1) is 12.7. The quantitative estimate of drug-likeness (QED) is 0.717.